The van der Waals surface area contributed by atoms with Gasteiger partial charge in [0.1, 0.15) is 0 Å². The Hall–Kier alpha value is -1.73. The van der Waals surface area contributed by atoms with E-state index in [-0.39, 0.29) is 29.3 Å². The third-order valence-corrected chi connectivity index (χ3v) is 11.4. The van der Waals surface area contributed by atoms with Gasteiger partial charge in [-0.15, -0.1) is 0 Å². The van der Waals surface area contributed by atoms with Crippen LogP contribution >= 0.6 is 0 Å². The van der Waals surface area contributed by atoms with Crippen molar-refractivity contribution in [1.82, 2.24) is 0 Å². The van der Waals surface area contributed by atoms with E-state index in [9.17, 15) is 4.79 Å². The molecule has 6 heteroatoms. The molecule has 202 valence electrons. The molecule has 0 aromatic heterocycles. The molecule has 0 spiro atoms. The number of esters is 1. The molecule has 1 aromatic carbocycles. The highest BCUT2D eigenvalue weighted by Gasteiger charge is 2.39. The molecule has 1 heterocycles. The fraction of sp³-hybridized carbons (Fsp3) is 0.633. The lowest BCUT2D eigenvalue weighted by atomic mass is 9.99. The third kappa shape index (κ3) is 10.7. The highest BCUT2D eigenvalue weighted by Crippen LogP contribution is 2.38. The summed E-state index contributed by atoms with van der Waals surface area (Å²) in [6, 6.07) is 10.6. The predicted molar refractivity (Wildman–Crippen MR) is 149 cm³/mol. The van der Waals surface area contributed by atoms with E-state index in [2.05, 4.69) is 76.3 Å². The van der Waals surface area contributed by atoms with Gasteiger partial charge < -0.3 is 18.6 Å². The van der Waals surface area contributed by atoms with Gasteiger partial charge in [0.15, 0.2) is 14.1 Å². The Morgan fingerprint density at radius 2 is 1.81 bits per heavy atom. The van der Waals surface area contributed by atoms with Gasteiger partial charge in [-0.3, -0.25) is 0 Å². The Morgan fingerprint density at radius 3 is 2.44 bits per heavy atom. The van der Waals surface area contributed by atoms with Crippen LogP contribution < -0.4 is 0 Å². The van der Waals surface area contributed by atoms with Gasteiger partial charge in [-0.05, 0) is 70.2 Å². The van der Waals surface area contributed by atoms with Gasteiger partial charge in [0.05, 0.1) is 24.9 Å². The maximum absolute atomic E-state index is 11.7. The molecule has 0 radical (unpaired) electrons. The minimum atomic E-state index is -1.98. The van der Waals surface area contributed by atoms with Crippen LogP contribution in [0.5, 0.6) is 0 Å². The fourth-order valence-electron chi connectivity index (χ4n) is 4.11. The maximum atomic E-state index is 11.7. The average Bonchev–Trinajstić information content (AvgIpc) is 2.76. The van der Waals surface area contributed by atoms with E-state index >= 15 is 0 Å². The second kappa shape index (κ2) is 13.7. The van der Waals surface area contributed by atoms with Crippen molar-refractivity contribution >= 4 is 14.3 Å². The SMILES string of the molecule is CCOC(=O)/C=C\C[C@H](/C=C/C[C@H]1C[C@H](CCc2ccccc2)OC(C)(C)O1)O[Si](C)(C)C(C)(C)C. The first-order valence-corrected chi connectivity index (χ1v) is 16.3. The Labute approximate surface area is 220 Å². The standard InChI is InChI=1S/C30H48O5Si/c1-9-32-28(31)20-14-18-25(35-36(7,8)29(2,3)4)17-13-19-26-23-27(34-30(5,6)33-26)22-21-24-15-11-10-12-16-24/h10-17,20,25-27H,9,18-19,21-23H2,1-8H3/b17-13+,20-14-/t25-,26-,27-/m0/s1. The highest BCUT2D eigenvalue weighted by atomic mass is 28.4. The summed E-state index contributed by atoms with van der Waals surface area (Å²) in [7, 11) is -1.98. The summed E-state index contributed by atoms with van der Waals surface area (Å²) in [6.07, 6.45) is 12.1. The van der Waals surface area contributed by atoms with Crippen molar-refractivity contribution in [2.24, 2.45) is 0 Å². The Bertz CT molecular complexity index is 854. The van der Waals surface area contributed by atoms with Crippen molar-refractivity contribution in [1.29, 1.82) is 0 Å². The Morgan fingerprint density at radius 1 is 1.14 bits per heavy atom. The first-order valence-electron chi connectivity index (χ1n) is 13.4. The first-order chi connectivity index (χ1) is 16.8. The molecule has 36 heavy (non-hydrogen) atoms. The normalized spacial score (nSPS) is 21.7. The van der Waals surface area contributed by atoms with E-state index in [1.165, 1.54) is 11.6 Å². The minimum absolute atomic E-state index is 0.0920. The molecule has 1 aromatic rings. The van der Waals surface area contributed by atoms with Crippen molar-refractivity contribution < 1.29 is 23.4 Å². The van der Waals surface area contributed by atoms with E-state index in [4.69, 9.17) is 18.6 Å². The highest BCUT2D eigenvalue weighted by molar-refractivity contribution is 6.74. The summed E-state index contributed by atoms with van der Waals surface area (Å²) in [6.45, 7) is 17.4. The fourth-order valence-corrected chi connectivity index (χ4v) is 5.39. The lowest BCUT2D eigenvalue weighted by Gasteiger charge is -2.41. The largest absolute Gasteiger partial charge is 0.463 e. The molecule has 0 saturated carbocycles. The topological polar surface area (TPSA) is 54.0 Å². The van der Waals surface area contributed by atoms with Crippen molar-refractivity contribution in [3.8, 4) is 0 Å². The quantitative estimate of drug-likeness (QED) is 0.126. The predicted octanol–water partition coefficient (Wildman–Crippen LogP) is 7.38. The second-order valence-corrected chi connectivity index (χ2v) is 16.4. The summed E-state index contributed by atoms with van der Waals surface area (Å²) in [5.74, 6) is -0.913. The lowest BCUT2D eigenvalue weighted by Crippen LogP contribution is -2.44. The van der Waals surface area contributed by atoms with Gasteiger partial charge in [-0.2, -0.15) is 0 Å². The number of hydrogen-bond donors (Lipinski definition) is 0. The molecule has 1 aliphatic rings. The van der Waals surface area contributed by atoms with Gasteiger partial charge >= 0.3 is 5.97 Å². The molecule has 0 bridgehead atoms. The van der Waals surface area contributed by atoms with Gasteiger partial charge in [0, 0.05) is 12.5 Å². The van der Waals surface area contributed by atoms with Crippen LogP contribution in [0.3, 0.4) is 0 Å². The minimum Gasteiger partial charge on any atom is -0.463 e. The van der Waals surface area contributed by atoms with E-state index in [1.807, 2.05) is 26.8 Å². The van der Waals surface area contributed by atoms with E-state index in [1.54, 1.807) is 0 Å². The number of benzene rings is 1. The Balaban J connectivity index is 2.01. The van der Waals surface area contributed by atoms with E-state index in [0.29, 0.717) is 13.0 Å². The first kappa shape index (κ1) is 30.5. The number of aryl methyl sites for hydroxylation is 1. The molecule has 1 saturated heterocycles. The van der Waals surface area contributed by atoms with Gasteiger partial charge in [-0.25, -0.2) is 4.79 Å². The molecule has 0 unspecified atom stereocenters. The van der Waals surface area contributed by atoms with Crippen LogP contribution in [0.1, 0.15) is 72.8 Å². The molecular formula is C30H48O5Si. The summed E-state index contributed by atoms with van der Waals surface area (Å²) >= 11 is 0. The van der Waals surface area contributed by atoms with Gasteiger partial charge in [-0.1, -0.05) is 69.3 Å². The maximum Gasteiger partial charge on any atom is 0.330 e. The lowest BCUT2D eigenvalue weighted by molar-refractivity contribution is -0.299. The van der Waals surface area contributed by atoms with Gasteiger partial charge in [0.2, 0.25) is 0 Å². The van der Waals surface area contributed by atoms with Crippen molar-refractivity contribution in [2.75, 3.05) is 6.61 Å². The van der Waals surface area contributed by atoms with Crippen LogP contribution in [0, 0.1) is 0 Å². The molecule has 0 aliphatic carbocycles. The van der Waals surface area contributed by atoms with Crippen LogP contribution in [0.25, 0.3) is 0 Å². The molecular weight excluding hydrogens is 468 g/mol. The molecule has 5 nitrogen and oxygen atoms in total. The molecule has 0 amide bonds. The van der Waals surface area contributed by atoms with Gasteiger partial charge in [0.25, 0.3) is 0 Å². The van der Waals surface area contributed by atoms with Crippen LogP contribution in [0.2, 0.25) is 18.1 Å². The molecule has 0 N–H and O–H groups in total. The summed E-state index contributed by atoms with van der Waals surface area (Å²) in [5, 5.41) is 0.101. The van der Waals surface area contributed by atoms with Crippen molar-refractivity contribution in [3.63, 3.8) is 0 Å². The summed E-state index contributed by atoms with van der Waals surface area (Å²) < 4.78 is 24.2. The van der Waals surface area contributed by atoms with Crippen molar-refractivity contribution in [3.05, 3.63) is 60.2 Å². The average molecular weight is 517 g/mol. The zero-order valence-corrected chi connectivity index (χ0v) is 24.7. The number of carbonyl (C=O) groups excluding carboxylic acids is 1. The second-order valence-electron chi connectivity index (χ2n) is 11.6. The monoisotopic (exact) mass is 516 g/mol. The van der Waals surface area contributed by atoms with E-state index in [0.717, 1.165) is 25.7 Å². The summed E-state index contributed by atoms with van der Waals surface area (Å²) in [4.78, 5) is 11.7. The van der Waals surface area contributed by atoms with Crippen LogP contribution in [0.15, 0.2) is 54.6 Å². The molecule has 1 aliphatic heterocycles. The Kier molecular flexibility index (Phi) is 11.6. The zero-order chi connectivity index (χ0) is 26.8. The number of hydrogen-bond acceptors (Lipinski definition) is 5. The molecule has 3 atom stereocenters. The van der Waals surface area contributed by atoms with Crippen LogP contribution in [0.4, 0.5) is 0 Å². The molecule has 1 fully saturated rings. The van der Waals surface area contributed by atoms with Crippen LogP contribution in [-0.2, 0) is 29.9 Å². The number of ether oxygens (including phenoxy) is 3. The van der Waals surface area contributed by atoms with E-state index < -0.39 is 14.1 Å². The number of rotatable bonds is 12. The molecule has 2 rings (SSSR count). The number of carbonyl (C=O) groups is 1. The third-order valence-electron chi connectivity index (χ3n) is 6.94. The van der Waals surface area contributed by atoms with Crippen LogP contribution in [-0.4, -0.2) is 45.0 Å². The zero-order valence-electron chi connectivity index (χ0n) is 23.7. The summed E-state index contributed by atoms with van der Waals surface area (Å²) in [5.41, 5.74) is 1.34. The smallest absolute Gasteiger partial charge is 0.330 e. The van der Waals surface area contributed by atoms with Crippen molar-refractivity contribution in [2.45, 2.75) is 116 Å².